The lowest BCUT2D eigenvalue weighted by Crippen LogP contribution is -2.00. The van der Waals surface area contributed by atoms with Crippen LogP contribution in [0.5, 0.6) is 0 Å². The van der Waals surface area contributed by atoms with E-state index >= 15 is 0 Å². The Kier molecular flexibility index (Phi) is 3.01. The number of hydrogen-bond donors (Lipinski definition) is 0. The number of benzene rings is 2. The summed E-state index contributed by atoms with van der Waals surface area (Å²) in [5.74, 6) is 1.26. The van der Waals surface area contributed by atoms with Crippen molar-refractivity contribution in [3.8, 4) is 22.5 Å². The molecular weight excluding hydrogens is 272 g/mol. The maximum Gasteiger partial charge on any atom is 0.202 e. The zero-order chi connectivity index (χ0) is 14.9. The van der Waals surface area contributed by atoms with Gasteiger partial charge in [0.25, 0.3) is 0 Å². The van der Waals surface area contributed by atoms with E-state index in [0.29, 0.717) is 12.2 Å². The fourth-order valence-electron chi connectivity index (χ4n) is 2.73. The second kappa shape index (κ2) is 5.15. The second-order valence-corrected chi connectivity index (χ2v) is 5.37. The molecule has 1 aromatic heterocycles. The highest BCUT2D eigenvalue weighted by Gasteiger charge is 2.19. The normalized spacial score (nSPS) is 13.2. The second-order valence-electron chi connectivity index (χ2n) is 5.37. The minimum atomic E-state index is 0.0460. The molecule has 106 valence electrons. The Bertz CT molecular complexity index is 852. The molecule has 0 spiro atoms. The van der Waals surface area contributed by atoms with Gasteiger partial charge in [0.05, 0.1) is 0 Å². The molecule has 1 heterocycles. The van der Waals surface area contributed by atoms with Crippen LogP contribution < -0.4 is 0 Å². The van der Waals surface area contributed by atoms with Crippen LogP contribution in [-0.4, -0.2) is 5.78 Å². The van der Waals surface area contributed by atoms with Gasteiger partial charge in [-0.2, -0.15) is 0 Å². The summed E-state index contributed by atoms with van der Waals surface area (Å²) < 4.78 is 5.75. The number of ketones is 1. The molecule has 0 unspecified atom stereocenters. The quantitative estimate of drug-likeness (QED) is 0.647. The minimum Gasteiger partial charge on any atom is -0.452 e. The molecule has 0 atom stereocenters. The van der Waals surface area contributed by atoms with Crippen LogP contribution in [0, 0.1) is 0 Å². The van der Waals surface area contributed by atoms with Crippen LogP contribution >= 0.6 is 0 Å². The predicted molar refractivity (Wildman–Crippen MR) is 87.6 cm³/mol. The average Bonchev–Trinajstić information content (AvgIpc) is 3.02. The Morgan fingerprint density at radius 3 is 2.23 bits per heavy atom. The maximum absolute atomic E-state index is 11.8. The third-order valence-corrected chi connectivity index (χ3v) is 3.89. The van der Waals surface area contributed by atoms with Crippen molar-refractivity contribution in [3.63, 3.8) is 0 Å². The Balaban J connectivity index is 1.70. The van der Waals surface area contributed by atoms with Crippen molar-refractivity contribution in [2.75, 3.05) is 0 Å². The molecule has 0 saturated heterocycles. The van der Waals surface area contributed by atoms with Gasteiger partial charge in [-0.15, -0.1) is 0 Å². The molecule has 2 nitrogen and oxygen atoms in total. The van der Waals surface area contributed by atoms with E-state index in [1.165, 1.54) is 5.56 Å². The van der Waals surface area contributed by atoms with Gasteiger partial charge in [0.1, 0.15) is 5.76 Å². The number of hydrogen-bond acceptors (Lipinski definition) is 2. The monoisotopic (exact) mass is 286 g/mol. The third kappa shape index (κ3) is 2.19. The molecular formula is C20H14O2. The van der Waals surface area contributed by atoms with Gasteiger partial charge in [0.15, 0.2) is 5.76 Å². The molecule has 2 aromatic carbocycles. The summed E-state index contributed by atoms with van der Waals surface area (Å²) in [6.45, 7) is 0. The predicted octanol–water partition coefficient (Wildman–Crippen LogP) is 5.21. The van der Waals surface area contributed by atoms with E-state index in [4.69, 9.17) is 4.42 Å². The van der Waals surface area contributed by atoms with Crippen molar-refractivity contribution < 1.29 is 9.21 Å². The zero-order valence-corrected chi connectivity index (χ0v) is 12.0. The number of allylic oxidation sites excluding steroid dienone is 1. The van der Waals surface area contributed by atoms with Gasteiger partial charge in [-0.25, -0.2) is 0 Å². The Morgan fingerprint density at radius 2 is 1.50 bits per heavy atom. The van der Waals surface area contributed by atoms with Gasteiger partial charge in [-0.1, -0.05) is 66.7 Å². The summed E-state index contributed by atoms with van der Waals surface area (Å²) in [4.78, 5) is 11.8. The number of fused-ring (bicyclic) bond motifs is 1. The van der Waals surface area contributed by atoms with Crippen molar-refractivity contribution >= 4 is 11.9 Å². The first-order valence-corrected chi connectivity index (χ1v) is 7.31. The first kappa shape index (κ1) is 12.8. The lowest BCUT2D eigenvalue weighted by atomic mass is 10.0. The lowest BCUT2D eigenvalue weighted by Gasteiger charge is -2.03. The molecule has 2 heteroatoms. The SMILES string of the molecule is O=C1CC=Cc2cc(-c3ccc(-c4ccccc4)cc3)oc21. The molecule has 0 radical (unpaired) electrons. The largest absolute Gasteiger partial charge is 0.452 e. The highest BCUT2D eigenvalue weighted by atomic mass is 16.3. The summed E-state index contributed by atoms with van der Waals surface area (Å²) in [7, 11) is 0. The Labute approximate surface area is 128 Å². The zero-order valence-electron chi connectivity index (χ0n) is 12.0. The van der Waals surface area contributed by atoms with Crippen molar-refractivity contribution in [2.24, 2.45) is 0 Å². The van der Waals surface area contributed by atoms with Gasteiger partial charge in [-0.05, 0) is 17.2 Å². The molecule has 22 heavy (non-hydrogen) atoms. The van der Waals surface area contributed by atoms with Crippen LogP contribution in [0.15, 0.2) is 71.2 Å². The van der Waals surface area contributed by atoms with Crippen LogP contribution in [0.25, 0.3) is 28.5 Å². The molecule has 1 aliphatic rings. The summed E-state index contributed by atoms with van der Waals surface area (Å²) in [5, 5.41) is 0. The highest BCUT2D eigenvalue weighted by molar-refractivity contribution is 6.01. The van der Waals surface area contributed by atoms with Gasteiger partial charge >= 0.3 is 0 Å². The third-order valence-electron chi connectivity index (χ3n) is 3.89. The van der Waals surface area contributed by atoms with Crippen LogP contribution in [0.4, 0.5) is 0 Å². The topological polar surface area (TPSA) is 30.2 Å². The summed E-state index contributed by atoms with van der Waals surface area (Å²) in [6, 6.07) is 20.4. The van der Waals surface area contributed by atoms with Crippen molar-refractivity contribution in [1.82, 2.24) is 0 Å². The van der Waals surface area contributed by atoms with Crippen LogP contribution in [-0.2, 0) is 0 Å². The van der Waals surface area contributed by atoms with Crippen molar-refractivity contribution in [1.29, 1.82) is 0 Å². The van der Waals surface area contributed by atoms with E-state index in [1.807, 2.05) is 48.6 Å². The standard InChI is InChI=1S/C20H14O2/c21-18-8-4-7-17-13-19(22-20(17)18)16-11-9-15(10-12-16)14-5-2-1-3-6-14/h1-7,9-13H,8H2. The molecule has 4 rings (SSSR count). The number of furan rings is 1. The summed E-state index contributed by atoms with van der Waals surface area (Å²) in [6.07, 6.45) is 4.25. The van der Waals surface area contributed by atoms with Gasteiger partial charge in [0, 0.05) is 17.5 Å². The molecule has 3 aromatic rings. The van der Waals surface area contributed by atoms with Crippen LogP contribution in [0.1, 0.15) is 22.5 Å². The number of carbonyl (C=O) groups is 1. The highest BCUT2D eigenvalue weighted by Crippen LogP contribution is 2.31. The maximum atomic E-state index is 11.8. The molecule has 0 saturated carbocycles. The number of rotatable bonds is 2. The summed E-state index contributed by atoms with van der Waals surface area (Å²) in [5.41, 5.74) is 4.20. The average molecular weight is 286 g/mol. The van der Waals surface area contributed by atoms with Crippen LogP contribution in [0.2, 0.25) is 0 Å². The van der Waals surface area contributed by atoms with Gasteiger partial charge < -0.3 is 4.42 Å². The minimum absolute atomic E-state index is 0.0460. The number of carbonyl (C=O) groups excluding carboxylic acids is 1. The van der Waals surface area contributed by atoms with E-state index < -0.39 is 0 Å². The number of Topliss-reactive ketones (excluding diaryl/α,β-unsaturated/α-hetero) is 1. The molecule has 0 aliphatic heterocycles. The summed E-state index contributed by atoms with van der Waals surface area (Å²) >= 11 is 0. The fourth-order valence-corrected chi connectivity index (χ4v) is 2.73. The van der Waals surface area contributed by atoms with Crippen molar-refractivity contribution in [3.05, 3.63) is 78.1 Å². The molecule has 0 amide bonds. The molecule has 0 fully saturated rings. The molecule has 1 aliphatic carbocycles. The van der Waals surface area contributed by atoms with E-state index in [1.54, 1.807) is 0 Å². The lowest BCUT2D eigenvalue weighted by molar-refractivity contribution is 0.0968. The van der Waals surface area contributed by atoms with Gasteiger partial charge in [0.2, 0.25) is 5.78 Å². The molecule has 0 N–H and O–H groups in total. The first-order chi connectivity index (χ1) is 10.8. The van der Waals surface area contributed by atoms with E-state index in [9.17, 15) is 4.79 Å². The van der Waals surface area contributed by atoms with Crippen molar-refractivity contribution in [2.45, 2.75) is 6.42 Å². The Morgan fingerprint density at radius 1 is 0.818 bits per heavy atom. The smallest absolute Gasteiger partial charge is 0.202 e. The Hall–Kier alpha value is -2.87. The van der Waals surface area contributed by atoms with E-state index in [2.05, 4.69) is 24.3 Å². The van der Waals surface area contributed by atoms with Gasteiger partial charge in [-0.3, -0.25) is 4.79 Å². The van der Waals surface area contributed by atoms with Crippen LogP contribution in [0.3, 0.4) is 0 Å². The first-order valence-electron chi connectivity index (χ1n) is 7.31. The van der Waals surface area contributed by atoms with E-state index in [0.717, 1.165) is 22.5 Å². The van der Waals surface area contributed by atoms with E-state index in [-0.39, 0.29) is 5.78 Å². The fraction of sp³-hybridized carbons (Fsp3) is 0.0500. The molecule has 0 bridgehead atoms.